The summed E-state index contributed by atoms with van der Waals surface area (Å²) in [5.41, 5.74) is 1.57. The van der Waals surface area contributed by atoms with Gasteiger partial charge in [0.25, 0.3) is 0 Å². The highest BCUT2D eigenvalue weighted by Gasteiger charge is 2.34. The maximum atomic E-state index is 15.1. The molecule has 0 N–H and O–H groups in total. The van der Waals surface area contributed by atoms with Crippen LogP contribution in [0.2, 0.25) is 10.0 Å². The fraction of sp³-hybridized carbons (Fsp3) is 0.458. The Balaban J connectivity index is 1.51. The summed E-state index contributed by atoms with van der Waals surface area (Å²) in [5, 5.41) is 0.748. The van der Waals surface area contributed by atoms with Crippen molar-refractivity contribution >= 4 is 44.8 Å². The summed E-state index contributed by atoms with van der Waals surface area (Å²) in [6, 6.07) is 9.54. The topological polar surface area (TPSA) is 60.9 Å². The van der Waals surface area contributed by atoms with E-state index in [0.717, 1.165) is 24.9 Å². The SMILES string of the molecule is CC(=O)N1CCN(c2ccc(CN(C3CCC3)S(=O)(=O)Cc3cc(Cl)cc(Cl)c3)c(F)c2)CC1. The summed E-state index contributed by atoms with van der Waals surface area (Å²) in [6.45, 7) is 3.98. The fourth-order valence-corrected chi connectivity index (χ4v) is 6.75. The maximum absolute atomic E-state index is 15.1. The van der Waals surface area contributed by atoms with Gasteiger partial charge in [-0.15, -0.1) is 0 Å². The van der Waals surface area contributed by atoms with Gasteiger partial charge in [-0.3, -0.25) is 4.79 Å². The van der Waals surface area contributed by atoms with Crippen LogP contribution < -0.4 is 4.90 Å². The smallest absolute Gasteiger partial charge is 0.219 e. The largest absolute Gasteiger partial charge is 0.368 e. The third-order valence-corrected chi connectivity index (χ3v) is 8.84. The van der Waals surface area contributed by atoms with Crippen LogP contribution >= 0.6 is 23.2 Å². The number of carbonyl (C=O) groups excluding carboxylic acids is 1. The van der Waals surface area contributed by atoms with E-state index in [9.17, 15) is 13.2 Å². The van der Waals surface area contributed by atoms with Gasteiger partial charge in [0, 0.05) is 67.0 Å². The van der Waals surface area contributed by atoms with E-state index >= 15 is 4.39 Å². The molecule has 2 aromatic rings. The number of nitrogens with zero attached hydrogens (tertiary/aromatic N) is 3. The number of amides is 1. The molecular formula is C24H28Cl2FN3O3S. The number of carbonyl (C=O) groups is 1. The van der Waals surface area contributed by atoms with Gasteiger partial charge in [0.1, 0.15) is 5.82 Å². The summed E-state index contributed by atoms with van der Waals surface area (Å²) < 4.78 is 43.3. The van der Waals surface area contributed by atoms with Gasteiger partial charge in [-0.2, -0.15) is 4.31 Å². The highest BCUT2D eigenvalue weighted by atomic mass is 35.5. The Hall–Kier alpha value is -1.87. The lowest BCUT2D eigenvalue weighted by atomic mass is 9.93. The fourth-order valence-electron chi connectivity index (χ4n) is 4.43. The lowest BCUT2D eigenvalue weighted by Gasteiger charge is -2.37. The molecule has 0 aromatic heterocycles. The van der Waals surface area contributed by atoms with Gasteiger partial charge in [0.05, 0.1) is 5.75 Å². The summed E-state index contributed by atoms with van der Waals surface area (Å²) in [4.78, 5) is 15.3. The normalized spacial score (nSPS) is 17.2. The second kappa shape index (κ2) is 10.4. The van der Waals surface area contributed by atoms with Crippen LogP contribution in [-0.2, 0) is 27.1 Å². The van der Waals surface area contributed by atoms with Gasteiger partial charge in [0.2, 0.25) is 15.9 Å². The van der Waals surface area contributed by atoms with Crippen LogP contribution in [0, 0.1) is 5.82 Å². The third kappa shape index (κ3) is 5.85. The van der Waals surface area contributed by atoms with E-state index in [-0.39, 0.29) is 24.2 Å². The van der Waals surface area contributed by atoms with Crippen molar-refractivity contribution < 1.29 is 17.6 Å². The summed E-state index contributed by atoms with van der Waals surface area (Å²) in [5.74, 6) is -0.639. The van der Waals surface area contributed by atoms with Crippen LogP contribution in [0.5, 0.6) is 0 Å². The molecule has 10 heteroatoms. The molecule has 2 fully saturated rings. The van der Waals surface area contributed by atoms with Crippen molar-refractivity contribution in [2.75, 3.05) is 31.1 Å². The Bertz CT molecular complexity index is 1150. The monoisotopic (exact) mass is 527 g/mol. The Morgan fingerprint density at radius 1 is 1.06 bits per heavy atom. The second-order valence-electron chi connectivity index (χ2n) is 8.93. The van der Waals surface area contributed by atoms with Gasteiger partial charge < -0.3 is 9.80 Å². The van der Waals surface area contributed by atoms with E-state index < -0.39 is 15.8 Å². The zero-order valence-corrected chi connectivity index (χ0v) is 21.3. The van der Waals surface area contributed by atoms with Crippen LogP contribution in [0.1, 0.15) is 37.3 Å². The van der Waals surface area contributed by atoms with Crippen LogP contribution in [0.15, 0.2) is 36.4 Å². The van der Waals surface area contributed by atoms with Gasteiger partial charge in [-0.1, -0.05) is 35.7 Å². The quantitative estimate of drug-likeness (QED) is 0.524. The van der Waals surface area contributed by atoms with Crippen molar-refractivity contribution in [3.05, 3.63) is 63.4 Å². The predicted octanol–water partition coefficient (Wildman–Crippen LogP) is 4.69. The average Bonchev–Trinajstić information content (AvgIpc) is 2.72. The van der Waals surface area contributed by atoms with E-state index in [1.807, 2.05) is 11.0 Å². The van der Waals surface area contributed by atoms with Crippen molar-refractivity contribution in [1.29, 1.82) is 0 Å². The Morgan fingerprint density at radius 3 is 2.24 bits per heavy atom. The molecule has 2 aromatic carbocycles. The van der Waals surface area contributed by atoms with Gasteiger partial charge in [0.15, 0.2) is 0 Å². The number of piperazine rings is 1. The van der Waals surface area contributed by atoms with E-state index in [0.29, 0.717) is 47.4 Å². The predicted molar refractivity (Wildman–Crippen MR) is 133 cm³/mol. The van der Waals surface area contributed by atoms with Crippen LogP contribution in [0.25, 0.3) is 0 Å². The van der Waals surface area contributed by atoms with Crippen molar-refractivity contribution in [3.8, 4) is 0 Å². The number of hydrogen-bond acceptors (Lipinski definition) is 4. The molecule has 0 bridgehead atoms. The van der Waals surface area contributed by atoms with Crippen molar-refractivity contribution in [2.24, 2.45) is 0 Å². The summed E-state index contributed by atoms with van der Waals surface area (Å²) in [6.07, 6.45) is 2.47. The molecule has 0 atom stereocenters. The highest BCUT2D eigenvalue weighted by molar-refractivity contribution is 7.88. The zero-order valence-electron chi connectivity index (χ0n) is 19.0. The molecule has 1 amide bonds. The molecule has 1 heterocycles. The van der Waals surface area contributed by atoms with Crippen molar-refractivity contribution in [3.63, 3.8) is 0 Å². The molecule has 0 unspecified atom stereocenters. The molecule has 1 saturated carbocycles. The van der Waals surface area contributed by atoms with Gasteiger partial charge >= 0.3 is 0 Å². The Kier molecular flexibility index (Phi) is 7.72. The van der Waals surface area contributed by atoms with E-state index in [4.69, 9.17) is 23.2 Å². The lowest BCUT2D eigenvalue weighted by molar-refractivity contribution is -0.129. The first-order chi connectivity index (χ1) is 16.1. The summed E-state index contributed by atoms with van der Waals surface area (Å²) >= 11 is 12.1. The Morgan fingerprint density at radius 2 is 1.71 bits per heavy atom. The molecule has 6 nitrogen and oxygen atoms in total. The van der Waals surface area contributed by atoms with Gasteiger partial charge in [-0.25, -0.2) is 12.8 Å². The molecular weight excluding hydrogens is 500 g/mol. The average molecular weight is 528 g/mol. The minimum atomic E-state index is -3.73. The van der Waals surface area contributed by atoms with Crippen LogP contribution in [-0.4, -0.2) is 55.8 Å². The van der Waals surface area contributed by atoms with Crippen molar-refractivity contribution in [2.45, 2.75) is 44.5 Å². The van der Waals surface area contributed by atoms with E-state index in [2.05, 4.69) is 0 Å². The van der Waals surface area contributed by atoms with Gasteiger partial charge in [-0.05, 0) is 48.7 Å². The first-order valence-electron chi connectivity index (χ1n) is 11.4. The van der Waals surface area contributed by atoms with E-state index in [1.54, 1.807) is 36.1 Å². The summed E-state index contributed by atoms with van der Waals surface area (Å²) in [7, 11) is -3.73. The number of rotatable bonds is 7. The second-order valence-corrected chi connectivity index (χ2v) is 11.7. The maximum Gasteiger partial charge on any atom is 0.219 e. The van der Waals surface area contributed by atoms with E-state index in [1.165, 1.54) is 10.4 Å². The minimum Gasteiger partial charge on any atom is -0.368 e. The number of sulfonamides is 1. The third-order valence-electron chi connectivity index (χ3n) is 6.56. The lowest BCUT2D eigenvalue weighted by Crippen LogP contribution is -2.48. The van der Waals surface area contributed by atoms with Crippen molar-refractivity contribution in [1.82, 2.24) is 9.21 Å². The molecule has 0 spiro atoms. The molecule has 184 valence electrons. The Labute approximate surface area is 210 Å². The molecule has 0 radical (unpaired) electrons. The van der Waals surface area contributed by atoms with Crippen LogP contribution in [0.3, 0.4) is 0 Å². The molecule has 1 aliphatic carbocycles. The molecule has 2 aliphatic rings. The number of anilines is 1. The van der Waals surface area contributed by atoms with Crippen LogP contribution in [0.4, 0.5) is 10.1 Å². The zero-order chi connectivity index (χ0) is 24.5. The standard InChI is InChI=1S/C24H28Cl2FN3O3S/c1-17(31)28-7-9-29(10-8-28)23-6-5-19(24(27)14-23)15-30(22-3-2-4-22)34(32,33)16-18-11-20(25)13-21(26)12-18/h5-6,11-14,22H,2-4,7-10,15-16H2,1H3. The highest BCUT2D eigenvalue weighted by Crippen LogP contribution is 2.32. The molecule has 1 saturated heterocycles. The first-order valence-corrected chi connectivity index (χ1v) is 13.7. The first kappa shape index (κ1) is 25.2. The number of hydrogen-bond donors (Lipinski definition) is 0. The molecule has 4 rings (SSSR count). The minimum absolute atomic E-state index is 0.0223. The molecule has 1 aliphatic heterocycles. The number of benzene rings is 2. The molecule has 34 heavy (non-hydrogen) atoms. The number of halogens is 3.